The summed E-state index contributed by atoms with van der Waals surface area (Å²) in [7, 11) is 0. The molecule has 0 bridgehead atoms. The molecule has 0 atom stereocenters. The van der Waals surface area contributed by atoms with Crippen LogP contribution in [0.1, 0.15) is 16.9 Å². The summed E-state index contributed by atoms with van der Waals surface area (Å²) >= 11 is 1.43. The first-order valence-electron chi connectivity index (χ1n) is 9.80. The maximum Gasteiger partial charge on any atom is 0.270 e. The van der Waals surface area contributed by atoms with E-state index in [1.807, 2.05) is 47.9 Å². The maximum atomic E-state index is 11.4. The molecule has 0 fully saturated rings. The lowest BCUT2D eigenvalue weighted by molar-refractivity contribution is -0.385. The van der Waals surface area contributed by atoms with Crippen molar-refractivity contribution in [2.45, 2.75) is 24.4 Å². The second-order valence-corrected chi connectivity index (χ2v) is 8.06. The third-order valence-corrected chi connectivity index (χ3v) is 6.06. The molecule has 0 N–H and O–H groups in total. The Morgan fingerprint density at radius 2 is 2.03 bits per heavy atom. The number of hydrogen-bond acceptors (Lipinski definition) is 8. The van der Waals surface area contributed by atoms with Gasteiger partial charge in [-0.3, -0.25) is 14.7 Å². The van der Waals surface area contributed by atoms with Gasteiger partial charge < -0.3 is 13.9 Å². The Labute approximate surface area is 187 Å². The Kier molecular flexibility index (Phi) is 5.38. The standard InChI is InChI=1S/C22H18N4O5S/c1-14-19(7-8-30-14)21-23-24-22(25(21)17-5-3-2-4-6-17)32-12-16-10-18(26(27)28)9-15-11-29-13-31-20(15)16/h2-10H,11-13H2,1H3. The van der Waals surface area contributed by atoms with Crippen LogP contribution in [0.25, 0.3) is 17.1 Å². The highest BCUT2D eigenvalue weighted by molar-refractivity contribution is 7.98. The topological polar surface area (TPSA) is 105 Å². The van der Waals surface area contributed by atoms with Crippen LogP contribution in [0.2, 0.25) is 0 Å². The molecule has 10 heteroatoms. The number of hydrogen-bond donors (Lipinski definition) is 0. The smallest absolute Gasteiger partial charge is 0.270 e. The first-order chi connectivity index (χ1) is 15.6. The van der Waals surface area contributed by atoms with E-state index in [0.717, 1.165) is 17.0 Å². The van der Waals surface area contributed by atoms with Crippen LogP contribution in [0.5, 0.6) is 5.75 Å². The van der Waals surface area contributed by atoms with Gasteiger partial charge in [-0.2, -0.15) is 0 Å². The zero-order valence-electron chi connectivity index (χ0n) is 17.1. The van der Waals surface area contributed by atoms with Gasteiger partial charge in [-0.25, -0.2) is 0 Å². The van der Waals surface area contributed by atoms with E-state index < -0.39 is 4.92 Å². The Morgan fingerprint density at radius 1 is 1.19 bits per heavy atom. The number of fused-ring (bicyclic) bond motifs is 1. The fourth-order valence-electron chi connectivity index (χ4n) is 3.60. The van der Waals surface area contributed by atoms with E-state index in [1.54, 1.807) is 12.3 Å². The van der Waals surface area contributed by atoms with Gasteiger partial charge in [-0.15, -0.1) is 10.2 Å². The molecule has 9 nitrogen and oxygen atoms in total. The SMILES string of the molecule is Cc1occc1-c1nnc(SCc2cc([N+](=O)[O-])cc3c2OCOC3)n1-c1ccccc1. The van der Waals surface area contributed by atoms with Crippen molar-refractivity contribution >= 4 is 17.4 Å². The molecule has 1 aliphatic heterocycles. The summed E-state index contributed by atoms with van der Waals surface area (Å²) in [6.45, 7) is 2.27. The minimum absolute atomic E-state index is 0.00712. The van der Waals surface area contributed by atoms with Gasteiger partial charge in [0.05, 0.1) is 23.4 Å². The molecule has 162 valence electrons. The molecule has 0 spiro atoms. The number of aromatic nitrogens is 3. The molecule has 2 aromatic heterocycles. The van der Waals surface area contributed by atoms with Crippen molar-refractivity contribution in [1.82, 2.24) is 14.8 Å². The van der Waals surface area contributed by atoms with Crippen LogP contribution < -0.4 is 4.74 Å². The predicted molar refractivity (Wildman–Crippen MR) is 117 cm³/mol. The van der Waals surface area contributed by atoms with Gasteiger partial charge in [0.25, 0.3) is 5.69 Å². The first-order valence-corrected chi connectivity index (χ1v) is 10.8. The number of para-hydroxylation sites is 1. The van der Waals surface area contributed by atoms with Crippen molar-refractivity contribution in [2.75, 3.05) is 6.79 Å². The number of nitro groups is 1. The summed E-state index contributed by atoms with van der Waals surface area (Å²) in [5.74, 6) is 2.45. The van der Waals surface area contributed by atoms with E-state index in [1.165, 1.54) is 17.8 Å². The number of rotatable bonds is 6. The number of nitrogens with zero attached hydrogens (tertiary/aromatic N) is 4. The van der Waals surface area contributed by atoms with E-state index in [2.05, 4.69) is 10.2 Å². The van der Waals surface area contributed by atoms with Crippen LogP contribution in [0.15, 0.2) is 64.4 Å². The molecular formula is C22H18N4O5S. The van der Waals surface area contributed by atoms with Crippen molar-refractivity contribution in [3.05, 3.63) is 81.8 Å². The molecule has 32 heavy (non-hydrogen) atoms. The number of furan rings is 1. The summed E-state index contributed by atoms with van der Waals surface area (Å²) in [4.78, 5) is 11.0. The van der Waals surface area contributed by atoms with Crippen LogP contribution in [-0.4, -0.2) is 26.5 Å². The monoisotopic (exact) mass is 450 g/mol. The van der Waals surface area contributed by atoms with Gasteiger partial charge in [0.2, 0.25) is 0 Å². The minimum Gasteiger partial charge on any atom is -0.469 e. The quantitative estimate of drug-likeness (QED) is 0.232. The van der Waals surface area contributed by atoms with Crippen LogP contribution in [0, 0.1) is 17.0 Å². The lowest BCUT2D eigenvalue weighted by atomic mass is 10.1. The van der Waals surface area contributed by atoms with Crippen molar-refractivity contribution in [2.24, 2.45) is 0 Å². The maximum absolute atomic E-state index is 11.4. The lowest BCUT2D eigenvalue weighted by Crippen LogP contribution is -2.13. The molecular weight excluding hydrogens is 432 g/mol. The molecule has 3 heterocycles. The normalized spacial score (nSPS) is 12.9. The summed E-state index contributed by atoms with van der Waals surface area (Å²) in [5, 5.41) is 20.9. The molecule has 0 saturated carbocycles. The summed E-state index contributed by atoms with van der Waals surface area (Å²) in [6.07, 6.45) is 1.62. The van der Waals surface area contributed by atoms with Crippen LogP contribution >= 0.6 is 11.8 Å². The average molecular weight is 450 g/mol. The Balaban J connectivity index is 1.54. The van der Waals surface area contributed by atoms with Gasteiger partial charge in [0.1, 0.15) is 11.5 Å². The van der Waals surface area contributed by atoms with Crippen molar-refractivity contribution in [1.29, 1.82) is 0 Å². The van der Waals surface area contributed by atoms with Gasteiger partial charge in [0, 0.05) is 34.7 Å². The van der Waals surface area contributed by atoms with E-state index in [-0.39, 0.29) is 19.1 Å². The number of ether oxygens (including phenoxy) is 2. The number of nitro benzene ring substituents is 1. The number of benzene rings is 2. The molecule has 5 rings (SSSR count). The van der Waals surface area contributed by atoms with E-state index >= 15 is 0 Å². The summed E-state index contributed by atoms with van der Waals surface area (Å²) in [6, 6.07) is 14.7. The van der Waals surface area contributed by atoms with Crippen molar-refractivity contribution in [3.63, 3.8) is 0 Å². The van der Waals surface area contributed by atoms with Crippen molar-refractivity contribution in [3.8, 4) is 22.8 Å². The molecule has 0 unspecified atom stereocenters. The zero-order valence-corrected chi connectivity index (χ0v) is 17.9. The number of thioether (sulfide) groups is 1. The highest BCUT2D eigenvalue weighted by Gasteiger charge is 2.23. The van der Waals surface area contributed by atoms with E-state index in [4.69, 9.17) is 13.9 Å². The third kappa shape index (κ3) is 3.74. The molecule has 0 amide bonds. The Bertz CT molecular complexity index is 1280. The average Bonchev–Trinajstić information content (AvgIpc) is 3.43. The second-order valence-electron chi connectivity index (χ2n) is 7.12. The lowest BCUT2D eigenvalue weighted by Gasteiger charge is -2.20. The molecule has 0 aliphatic carbocycles. The van der Waals surface area contributed by atoms with E-state index in [0.29, 0.717) is 33.6 Å². The summed E-state index contributed by atoms with van der Waals surface area (Å²) in [5.41, 5.74) is 3.14. The second kappa shape index (κ2) is 8.48. The van der Waals surface area contributed by atoms with Gasteiger partial charge in [-0.05, 0) is 25.1 Å². The van der Waals surface area contributed by atoms with E-state index in [9.17, 15) is 10.1 Å². The van der Waals surface area contributed by atoms with Gasteiger partial charge >= 0.3 is 0 Å². The predicted octanol–water partition coefficient (Wildman–Crippen LogP) is 4.90. The summed E-state index contributed by atoms with van der Waals surface area (Å²) < 4.78 is 18.4. The fraction of sp³-hybridized carbons (Fsp3) is 0.182. The third-order valence-electron chi connectivity index (χ3n) is 5.09. The van der Waals surface area contributed by atoms with Crippen molar-refractivity contribution < 1.29 is 18.8 Å². The van der Waals surface area contributed by atoms with Crippen LogP contribution in [0.4, 0.5) is 5.69 Å². The molecule has 1 aliphatic rings. The molecule has 4 aromatic rings. The minimum atomic E-state index is -0.407. The largest absolute Gasteiger partial charge is 0.469 e. The van der Waals surface area contributed by atoms with Gasteiger partial charge in [0.15, 0.2) is 17.8 Å². The highest BCUT2D eigenvalue weighted by Crippen LogP contribution is 2.37. The number of aryl methyl sites for hydroxylation is 1. The highest BCUT2D eigenvalue weighted by atomic mass is 32.2. The Hall–Kier alpha value is -3.63. The Morgan fingerprint density at radius 3 is 2.78 bits per heavy atom. The molecule has 0 radical (unpaired) electrons. The van der Waals surface area contributed by atoms with Crippen LogP contribution in [-0.2, 0) is 17.1 Å². The molecule has 2 aromatic carbocycles. The van der Waals surface area contributed by atoms with Gasteiger partial charge in [-0.1, -0.05) is 30.0 Å². The first kappa shape index (κ1) is 20.3. The molecule has 0 saturated heterocycles. The number of non-ortho nitro benzene ring substituents is 1. The zero-order chi connectivity index (χ0) is 22.1. The van der Waals surface area contributed by atoms with Crippen LogP contribution in [0.3, 0.4) is 0 Å². The fourth-order valence-corrected chi connectivity index (χ4v) is 4.52.